The SMILES string of the molecule is CC(=O)c1ccc(N/C=C/C(=O)c2cccs2)cc1. The molecule has 0 bridgehead atoms. The quantitative estimate of drug-likeness (QED) is 0.665. The second kappa shape index (κ2) is 6.11. The number of Topliss-reactive ketones (excluding diaryl/α,β-unsaturated/α-hetero) is 1. The van der Waals surface area contributed by atoms with Crippen molar-refractivity contribution in [3.8, 4) is 0 Å². The molecule has 0 spiro atoms. The Balaban J connectivity index is 1.95. The lowest BCUT2D eigenvalue weighted by Crippen LogP contribution is -1.95. The van der Waals surface area contributed by atoms with E-state index in [0.29, 0.717) is 10.4 Å². The van der Waals surface area contributed by atoms with Crippen molar-refractivity contribution in [2.75, 3.05) is 5.32 Å². The van der Waals surface area contributed by atoms with Crippen molar-refractivity contribution in [3.63, 3.8) is 0 Å². The molecule has 1 aromatic carbocycles. The van der Waals surface area contributed by atoms with Crippen LogP contribution >= 0.6 is 11.3 Å². The minimum Gasteiger partial charge on any atom is -0.362 e. The minimum atomic E-state index is -0.0251. The fourth-order valence-corrected chi connectivity index (χ4v) is 2.16. The number of carbonyl (C=O) groups is 2. The Morgan fingerprint density at radius 2 is 1.89 bits per heavy atom. The van der Waals surface area contributed by atoms with Gasteiger partial charge in [-0.2, -0.15) is 0 Å². The first-order chi connectivity index (χ1) is 9.16. The van der Waals surface area contributed by atoms with Gasteiger partial charge in [0.25, 0.3) is 0 Å². The molecule has 3 nitrogen and oxygen atoms in total. The number of carbonyl (C=O) groups excluding carboxylic acids is 2. The highest BCUT2D eigenvalue weighted by Crippen LogP contribution is 2.11. The average Bonchev–Trinajstić information content (AvgIpc) is 2.93. The molecule has 2 rings (SSSR count). The maximum Gasteiger partial charge on any atom is 0.197 e. The van der Waals surface area contributed by atoms with Crippen LogP contribution in [0.2, 0.25) is 0 Å². The molecule has 2 aromatic rings. The third-order valence-corrected chi connectivity index (χ3v) is 3.42. The summed E-state index contributed by atoms with van der Waals surface area (Å²) in [5.74, 6) is 0.0119. The predicted molar refractivity (Wildman–Crippen MR) is 77.9 cm³/mol. The number of hydrogen-bond donors (Lipinski definition) is 1. The van der Waals surface area contributed by atoms with E-state index in [1.165, 1.54) is 24.3 Å². The van der Waals surface area contributed by atoms with Gasteiger partial charge in [0, 0.05) is 23.5 Å². The largest absolute Gasteiger partial charge is 0.362 e. The van der Waals surface area contributed by atoms with E-state index in [-0.39, 0.29) is 11.6 Å². The van der Waals surface area contributed by atoms with E-state index in [1.54, 1.807) is 36.5 Å². The van der Waals surface area contributed by atoms with Crippen LogP contribution in [0.25, 0.3) is 0 Å². The van der Waals surface area contributed by atoms with Crippen molar-refractivity contribution < 1.29 is 9.59 Å². The summed E-state index contributed by atoms with van der Waals surface area (Å²) < 4.78 is 0. The van der Waals surface area contributed by atoms with Crippen LogP contribution < -0.4 is 5.32 Å². The predicted octanol–water partition coefficient (Wildman–Crippen LogP) is 3.76. The van der Waals surface area contributed by atoms with Crippen LogP contribution in [0.15, 0.2) is 54.1 Å². The summed E-state index contributed by atoms with van der Waals surface area (Å²) in [5.41, 5.74) is 1.50. The van der Waals surface area contributed by atoms with Crippen LogP contribution in [-0.4, -0.2) is 11.6 Å². The molecular formula is C15H13NO2S. The van der Waals surface area contributed by atoms with Gasteiger partial charge < -0.3 is 5.32 Å². The van der Waals surface area contributed by atoms with Crippen LogP contribution in [0, 0.1) is 0 Å². The van der Waals surface area contributed by atoms with Gasteiger partial charge in [0.15, 0.2) is 11.6 Å². The third kappa shape index (κ3) is 3.63. The first-order valence-corrected chi connectivity index (χ1v) is 6.67. The zero-order valence-electron chi connectivity index (χ0n) is 10.4. The van der Waals surface area contributed by atoms with Crippen molar-refractivity contribution in [3.05, 3.63) is 64.5 Å². The van der Waals surface area contributed by atoms with Crippen LogP contribution in [0.3, 0.4) is 0 Å². The van der Waals surface area contributed by atoms with Gasteiger partial charge in [-0.3, -0.25) is 9.59 Å². The van der Waals surface area contributed by atoms with Crippen LogP contribution in [0.4, 0.5) is 5.69 Å². The maximum absolute atomic E-state index is 11.7. The molecule has 1 aromatic heterocycles. The molecule has 0 radical (unpaired) electrons. The van der Waals surface area contributed by atoms with E-state index in [9.17, 15) is 9.59 Å². The van der Waals surface area contributed by atoms with Crippen molar-refractivity contribution >= 4 is 28.6 Å². The molecule has 0 unspecified atom stereocenters. The lowest BCUT2D eigenvalue weighted by Gasteiger charge is -2.01. The number of ketones is 2. The molecule has 4 heteroatoms. The van der Waals surface area contributed by atoms with Crippen molar-refractivity contribution in [1.29, 1.82) is 0 Å². The minimum absolute atomic E-state index is 0.0251. The monoisotopic (exact) mass is 271 g/mol. The summed E-state index contributed by atoms with van der Waals surface area (Å²) in [6.07, 6.45) is 3.09. The molecule has 0 saturated heterocycles. The van der Waals surface area contributed by atoms with Crippen LogP contribution in [-0.2, 0) is 0 Å². The molecule has 0 saturated carbocycles. The number of benzene rings is 1. The zero-order valence-corrected chi connectivity index (χ0v) is 11.2. The van der Waals surface area contributed by atoms with Gasteiger partial charge in [-0.05, 0) is 42.6 Å². The fourth-order valence-electron chi connectivity index (χ4n) is 1.52. The topological polar surface area (TPSA) is 46.2 Å². The Kier molecular flexibility index (Phi) is 4.26. The zero-order chi connectivity index (χ0) is 13.7. The number of rotatable bonds is 5. The summed E-state index contributed by atoms with van der Waals surface area (Å²) in [6.45, 7) is 1.53. The number of hydrogen-bond acceptors (Lipinski definition) is 4. The molecule has 1 heterocycles. The van der Waals surface area contributed by atoms with E-state index in [0.717, 1.165) is 5.69 Å². The molecule has 96 valence electrons. The summed E-state index contributed by atoms with van der Waals surface area (Å²) in [6, 6.07) is 10.7. The highest BCUT2D eigenvalue weighted by atomic mass is 32.1. The Labute approximate surface area is 115 Å². The first kappa shape index (κ1) is 13.2. The highest BCUT2D eigenvalue weighted by molar-refractivity contribution is 7.12. The summed E-state index contributed by atoms with van der Waals surface area (Å²) in [5, 5.41) is 4.87. The Morgan fingerprint density at radius 3 is 2.47 bits per heavy atom. The maximum atomic E-state index is 11.7. The molecule has 0 aliphatic rings. The second-order valence-electron chi connectivity index (χ2n) is 3.95. The van der Waals surface area contributed by atoms with Crippen LogP contribution in [0.5, 0.6) is 0 Å². The van der Waals surface area contributed by atoms with Gasteiger partial charge in [0.05, 0.1) is 4.88 Å². The summed E-state index contributed by atoms with van der Waals surface area (Å²) >= 11 is 1.42. The third-order valence-electron chi connectivity index (χ3n) is 2.54. The highest BCUT2D eigenvalue weighted by Gasteiger charge is 2.01. The smallest absolute Gasteiger partial charge is 0.197 e. The molecule has 0 fully saturated rings. The van der Waals surface area contributed by atoms with E-state index >= 15 is 0 Å². The number of anilines is 1. The number of nitrogens with one attached hydrogen (secondary N) is 1. The molecule has 0 aliphatic carbocycles. The Hall–Kier alpha value is -2.20. The van der Waals surface area contributed by atoms with Gasteiger partial charge >= 0.3 is 0 Å². The van der Waals surface area contributed by atoms with Crippen molar-refractivity contribution in [1.82, 2.24) is 0 Å². The number of thiophene rings is 1. The van der Waals surface area contributed by atoms with E-state index < -0.39 is 0 Å². The van der Waals surface area contributed by atoms with Gasteiger partial charge in [-0.1, -0.05) is 6.07 Å². The summed E-state index contributed by atoms with van der Waals surface area (Å²) in [4.78, 5) is 23.5. The lowest BCUT2D eigenvalue weighted by atomic mass is 10.1. The lowest BCUT2D eigenvalue weighted by molar-refractivity contribution is 0.101. The molecule has 0 amide bonds. The molecule has 0 aliphatic heterocycles. The molecule has 0 atom stereocenters. The molecule has 19 heavy (non-hydrogen) atoms. The molecular weight excluding hydrogens is 258 g/mol. The Morgan fingerprint density at radius 1 is 1.16 bits per heavy atom. The standard InChI is InChI=1S/C15H13NO2S/c1-11(17)12-4-6-13(7-5-12)16-9-8-14(18)15-3-2-10-19-15/h2-10,16H,1H3/b9-8+. The van der Waals surface area contributed by atoms with E-state index in [4.69, 9.17) is 0 Å². The van der Waals surface area contributed by atoms with Crippen molar-refractivity contribution in [2.24, 2.45) is 0 Å². The number of allylic oxidation sites excluding steroid dienone is 1. The van der Waals surface area contributed by atoms with Gasteiger partial charge in [-0.15, -0.1) is 11.3 Å². The first-order valence-electron chi connectivity index (χ1n) is 5.79. The Bertz CT molecular complexity index is 598. The summed E-state index contributed by atoms with van der Waals surface area (Å²) in [7, 11) is 0. The van der Waals surface area contributed by atoms with Gasteiger partial charge in [0.2, 0.25) is 0 Å². The molecule has 1 N–H and O–H groups in total. The van der Waals surface area contributed by atoms with Crippen molar-refractivity contribution in [2.45, 2.75) is 6.92 Å². The van der Waals surface area contributed by atoms with E-state index in [2.05, 4.69) is 5.32 Å². The normalized spacial score (nSPS) is 10.6. The van der Waals surface area contributed by atoms with Gasteiger partial charge in [0.1, 0.15) is 0 Å². The van der Waals surface area contributed by atoms with Gasteiger partial charge in [-0.25, -0.2) is 0 Å². The van der Waals surface area contributed by atoms with Crippen LogP contribution in [0.1, 0.15) is 27.0 Å². The second-order valence-corrected chi connectivity index (χ2v) is 4.90. The fraction of sp³-hybridized carbons (Fsp3) is 0.0667. The van der Waals surface area contributed by atoms with E-state index in [1.807, 2.05) is 11.4 Å². The average molecular weight is 271 g/mol.